The maximum absolute atomic E-state index is 14.1. The molecule has 0 aliphatic rings. The number of rotatable bonds is 5. The van der Waals surface area contributed by atoms with Gasteiger partial charge in [0.25, 0.3) is 0 Å². The van der Waals surface area contributed by atoms with Crippen LogP contribution in [-0.2, 0) is 6.42 Å². The summed E-state index contributed by atoms with van der Waals surface area (Å²) in [5.41, 5.74) is 1.32. The third kappa shape index (κ3) is 3.56. The molecule has 2 aromatic carbocycles. The summed E-state index contributed by atoms with van der Waals surface area (Å²) in [6.45, 7) is 2.63. The Hall–Kier alpha value is -1.45. The van der Waals surface area contributed by atoms with E-state index in [1.807, 2.05) is 13.0 Å². The maximum atomic E-state index is 14.1. The lowest BCUT2D eigenvalue weighted by molar-refractivity contribution is 0.509. The van der Waals surface area contributed by atoms with Crippen LogP contribution in [0.4, 0.5) is 8.78 Å². The molecule has 0 aromatic heterocycles. The molecule has 1 unspecified atom stereocenters. The Bertz CT molecular complexity index is 586. The molecule has 2 aromatic rings. The molecule has 1 N–H and O–H groups in total. The summed E-state index contributed by atoms with van der Waals surface area (Å²) in [6, 6.07) is 11.0. The molecule has 2 rings (SSSR count). The van der Waals surface area contributed by atoms with E-state index in [-0.39, 0.29) is 16.9 Å². The Morgan fingerprint density at radius 2 is 1.90 bits per heavy atom. The largest absolute Gasteiger partial charge is 0.310 e. The van der Waals surface area contributed by atoms with Crippen LogP contribution in [0.25, 0.3) is 0 Å². The highest BCUT2D eigenvalue weighted by Gasteiger charge is 2.17. The summed E-state index contributed by atoms with van der Waals surface area (Å²) in [6.07, 6.45) is 0.503. The minimum absolute atomic E-state index is 0.102. The average Bonchev–Trinajstić information content (AvgIpc) is 2.42. The quantitative estimate of drug-likeness (QED) is 0.855. The van der Waals surface area contributed by atoms with E-state index < -0.39 is 5.82 Å². The topological polar surface area (TPSA) is 12.0 Å². The maximum Gasteiger partial charge on any atom is 0.146 e. The van der Waals surface area contributed by atoms with Crippen LogP contribution in [0.3, 0.4) is 0 Å². The Morgan fingerprint density at radius 3 is 2.60 bits per heavy atom. The van der Waals surface area contributed by atoms with E-state index in [0.717, 1.165) is 5.56 Å². The van der Waals surface area contributed by atoms with Crippen LogP contribution < -0.4 is 5.32 Å². The standard InChI is InChI=1S/C16H16ClF2N/c1-2-20-15(10-11-5-3-6-12(18)9-11)13-7-4-8-14(17)16(13)19/h3-9,15,20H,2,10H2,1H3. The molecular weight excluding hydrogens is 280 g/mol. The molecule has 0 saturated heterocycles. The smallest absolute Gasteiger partial charge is 0.146 e. The number of benzene rings is 2. The van der Waals surface area contributed by atoms with E-state index in [1.165, 1.54) is 18.2 Å². The van der Waals surface area contributed by atoms with E-state index in [2.05, 4.69) is 5.32 Å². The SMILES string of the molecule is CCNC(Cc1cccc(F)c1)c1cccc(Cl)c1F. The molecule has 1 nitrogen and oxygen atoms in total. The van der Waals surface area contributed by atoms with Gasteiger partial charge in [-0.05, 0) is 36.7 Å². The van der Waals surface area contributed by atoms with Gasteiger partial charge in [0.05, 0.1) is 5.02 Å². The molecule has 20 heavy (non-hydrogen) atoms. The van der Waals surface area contributed by atoms with Gasteiger partial charge in [0.2, 0.25) is 0 Å². The lowest BCUT2D eigenvalue weighted by atomic mass is 9.98. The molecule has 0 aliphatic heterocycles. The number of nitrogens with one attached hydrogen (secondary N) is 1. The van der Waals surface area contributed by atoms with Gasteiger partial charge in [0.15, 0.2) is 0 Å². The highest BCUT2D eigenvalue weighted by Crippen LogP contribution is 2.26. The van der Waals surface area contributed by atoms with Crippen molar-refractivity contribution < 1.29 is 8.78 Å². The van der Waals surface area contributed by atoms with Crippen LogP contribution in [0.5, 0.6) is 0 Å². The predicted molar refractivity (Wildman–Crippen MR) is 77.9 cm³/mol. The Labute approximate surface area is 122 Å². The first-order valence-electron chi connectivity index (χ1n) is 6.53. The Morgan fingerprint density at radius 1 is 1.15 bits per heavy atom. The van der Waals surface area contributed by atoms with Crippen molar-refractivity contribution in [3.63, 3.8) is 0 Å². The van der Waals surface area contributed by atoms with Crippen molar-refractivity contribution in [1.82, 2.24) is 5.32 Å². The van der Waals surface area contributed by atoms with Crippen LogP contribution in [0.15, 0.2) is 42.5 Å². The van der Waals surface area contributed by atoms with Crippen molar-refractivity contribution in [2.45, 2.75) is 19.4 Å². The first kappa shape index (κ1) is 14.9. The molecule has 0 fully saturated rings. The first-order valence-corrected chi connectivity index (χ1v) is 6.91. The van der Waals surface area contributed by atoms with Crippen molar-refractivity contribution in [2.75, 3.05) is 6.54 Å². The summed E-state index contributed by atoms with van der Waals surface area (Å²) in [7, 11) is 0. The van der Waals surface area contributed by atoms with E-state index in [1.54, 1.807) is 18.2 Å². The molecule has 106 valence electrons. The van der Waals surface area contributed by atoms with Crippen LogP contribution >= 0.6 is 11.6 Å². The predicted octanol–water partition coefficient (Wildman–Crippen LogP) is 4.51. The van der Waals surface area contributed by atoms with Crippen molar-refractivity contribution in [1.29, 1.82) is 0 Å². The van der Waals surface area contributed by atoms with E-state index in [0.29, 0.717) is 18.5 Å². The number of hydrogen-bond acceptors (Lipinski definition) is 1. The van der Waals surface area contributed by atoms with Crippen molar-refractivity contribution in [3.8, 4) is 0 Å². The molecule has 0 bridgehead atoms. The summed E-state index contributed by atoms with van der Waals surface area (Å²) >= 11 is 5.82. The summed E-state index contributed by atoms with van der Waals surface area (Å²) in [4.78, 5) is 0. The molecule has 0 aliphatic carbocycles. The lowest BCUT2D eigenvalue weighted by Gasteiger charge is -2.19. The van der Waals surface area contributed by atoms with Gasteiger partial charge in [-0.25, -0.2) is 8.78 Å². The van der Waals surface area contributed by atoms with Crippen molar-refractivity contribution in [3.05, 3.63) is 70.2 Å². The average molecular weight is 296 g/mol. The molecule has 0 spiro atoms. The van der Waals surface area contributed by atoms with Gasteiger partial charge < -0.3 is 5.32 Å². The summed E-state index contributed by atoms with van der Waals surface area (Å²) in [5.74, 6) is -0.708. The lowest BCUT2D eigenvalue weighted by Crippen LogP contribution is -2.24. The third-order valence-electron chi connectivity index (χ3n) is 3.14. The third-order valence-corrected chi connectivity index (χ3v) is 3.43. The normalized spacial score (nSPS) is 12.4. The van der Waals surface area contributed by atoms with Crippen LogP contribution in [0.2, 0.25) is 5.02 Å². The highest BCUT2D eigenvalue weighted by molar-refractivity contribution is 6.30. The zero-order valence-corrected chi connectivity index (χ0v) is 11.9. The van der Waals surface area contributed by atoms with E-state index in [4.69, 9.17) is 11.6 Å². The molecule has 0 radical (unpaired) electrons. The van der Waals surface area contributed by atoms with Crippen LogP contribution in [-0.4, -0.2) is 6.54 Å². The van der Waals surface area contributed by atoms with Crippen LogP contribution in [0, 0.1) is 11.6 Å². The minimum Gasteiger partial charge on any atom is -0.310 e. The fraction of sp³-hybridized carbons (Fsp3) is 0.250. The first-order chi connectivity index (χ1) is 9.61. The Balaban J connectivity index is 2.29. The second-order valence-electron chi connectivity index (χ2n) is 4.59. The van der Waals surface area contributed by atoms with Crippen LogP contribution in [0.1, 0.15) is 24.1 Å². The van der Waals surface area contributed by atoms with Gasteiger partial charge in [-0.1, -0.05) is 42.8 Å². The highest BCUT2D eigenvalue weighted by atomic mass is 35.5. The van der Waals surface area contributed by atoms with Gasteiger partial charge in [0, 0.05) is 11.6 Å². The minimum atomic E-state index is -0.420. The van der Waals surface area contributed by atoms with Crippen molar-refractivity contribution in [2.24, 2.45) is 0 Å². The molecule has 1 atom stereocenters. The molecule has 0 amide bonds. The molecular formula is C16H16ClF2N. The monoisotopic (exact) mass is 295 g/mol. The van der Waals surface area contributed by atoms with Gasteiger partial charge in [-0.15, -0.1) is 0 Å². The van der Waals surface area contributed by atoms with Gasteiger partial charge in [-0.3, -0.25) is 0 Å². The fourth-order valence-corrected chi connectivity index (χ4v) is 2.41. The summed E-state index contributed by atoms with van der Waals surface area (Å²) in [5, 5.41) is 3.32. The van der Waals surface area contributed by atoms with Crippen molar-refractivity contribution >= 4 is 11.6 Å². The summed E-state index contributed by atoms with van der Waals surface area (Å²) < 4.78 is 27.3. The fourth-order valence-electron chi connectivity index (χ4n) is 2.23. The van der Waals surface area contributed by atoms with Gasteiger partial charge in [-0.2, -0.15) is 0 Å². The molecule has 0 heterocycles. The van der Waals surface area contributed by atoms with E-state index in [9.17, 15) is 8.78 Å². The second-order valence-corrected chi connectivity index (χ2v) is 4.99. The number of likely N-dealkylation sites (N-methyl/N-ethyl adjacent to an activating group) is 1. The molecule has 0 saturated carbocycles. The number of hydrogen-bond donors (Lipinski definition) is 1. The van der Waals surface area contributed by atoms with Gasteiger partial charge in [0.1, 0.15) is 11.6 Å². The number of halogens is 3. The second kappa shape index (κ2) is 6.82. The zero-order valence-electron chi connectivity index (χ0n) is 11.2. The Kier molecular flexibility index (Phi) is 5.10. The zero-order chi connectivity index (χ0) is 14.5. The van der Waals surface area contributed by atoms with E-state index >= 15 is 0 Å². The molecule has 4 heteroatoms. The van der Waals surface area contributed by atoms with Gasteiger partial charge >= 0.3 is 0 Å².